The number of nitrogens with one attached hydrogen (secondary N) is 1. The summed E-state index contributed by atoms with van der Waals surface area (Å²) in [5, 5.41) is 9.60. The van der Waals surface area contributed by atoms with Crippen LogP contribution >= 0.6 is 0 Å². The molecule has 0 amide bonds. The van der Waals surface area contributed by atoms with Crippen molar-refractivity contribution in [3.63, 3.8) is 0 Å². The monoisotopic (exact) mass is 283 g/mol. The van der Waals surface area contributed by atoms with Crippen LogP contribution in [0.5, 0.6) is 0 Å². The van der Waals surface area contributed by atoms with Crippen molar-refractivity contribution in [2.75, 3.05) is 6.54 Å². The van der Waals surface area contributed by atoms with Gasteiger partial charge in [0.2, 0.25) is 10.0 Å². The van der Waals surface area contributed by atoms with Crippen LogP contribution in [0.4, 0.5) is 0 Å². The smallest absolute Gasteiger partial charge is 0.336 e. The Morgan fingerprint density at radius 2 is 2.05 bits per heavy atom. The number of hydrogen-bond donors (Lipinski definition) is 2. The first-order valence-electron chi connectivity index (χ1n) is 5.60. The van der Waals surface area contributed by atoms with Gasteiger partial charge in [-0.3, -0.25) is 0 Å². The topological polar surface area (TPSA) is 96.6 Å². The first-order chi connectivity index (χ1) is 8.88. The molecular weight excluding hydrogens is 270 g/mol. The minimum atomic E-state index is -3.69. The van der Waals surface area contributed by atoms with Gasteiger partial charge in [0.15, 0.2) is 0 Å². The number of aliphatic hydroxyl groups is 1. The molecule has 0 aliphatic rings. The van der Waals surface area contributed by atoms with Crippen LogP contribution in [-0.2, 0) is 10.0 Å². The van der Waals surface area contributed by atoms with E-state index in [9.17, 15) is 13.2 Å². The molecule has 0 spiro atoms. The highest BCUT2D eigenvalue weighted by Crippen LogP contribution is 2.17. The van der Waals surface area contributed by atoms with Gasteiger partial charge in [-0.1, -0.05) is 0 Å². The Morgan fingerprint density at radius 1 is 1.32 bits per heavy atom. The Morgan fingerprint density at radius 3 is 2.74 bits per heavy atom. The van der Waals surface area contributed by atoms with E-state index in [2.05, 4.69) is 4.72 Å². The number of sulfonamides is 1. The van der Waals surface area contributed by atoms with Gasteiger partial charge in [0.25, 0.3) is 0 Å². The van der Waals surface area contributed by atoms with Crippen molar-refractivity contribution in [2.24, 2.45) is 0 Å². The lowest BCUT2D eigenvalue weighted by Gasteiger charge is -2.08. The van der Waals surface area contributed by atoms with E-state index in [1.807, 2.05) is 0 Å². The molecule has 19 heavy (non-hydrogen) atoms. The quantitative estimate of drug-likeness (QED) is 0.794. The minimum Gasteiger partial charge on any atom is -0.423 e. The van der Waals surface area contributed by atoms with Gasteiger partial charge in [-0.25, -0.2) is 17.9 Å². The molecule has 6 nitrogen and oxygen atoms in total. The molecule has 2 aromatic rings. The minimum absolute atomic E-state index is 0.0505. The maximum Gasteiger partial charge on any atom is 0.336 e. The summed E-state index contributed by atoms with van der Waals surface area (Å²) in [6.07, 6.45) is -0.770. The summed E-state index contributed by atoms with van der Waals surface area (Å²) in [6.45, 7) is 1.42. The molecule has 0 bridgehead atoms. The predicted octanol–water partition coefficient (Wildman–Crippen LogP) is 0.452. The number of hydrogen-bond acceptors (Lipinski definition) is 5. The zero-order chi connectivity index (χ0) is 14.0. The molecule has 0 radical (unpaired) electrons. The lowest BCUT2D eigenvalue weighted by atomic mass is 10.2. The van der Waals surface area contributed by atoms with E-state index in [1.165, 1.54) is 37.3 Å². The molecule has 7 heteroatoms. The molecule has 0 saturated heterocycles. The number of rotatable bonds is 4. The van der Waals surface area contributed by atoms with Gasteiger partial charge in [0.1, 0.15) is 5.58 Å². The number of aliphatic hydroxyl groups excluding tert-OH is 1. The standard InChI is InChI=1S/C12H13NO5S/c1-8(14)7-13-19(16,17)10-3-4-11-9(6-10)2-5-12(15)18-11/h2-6,8,13-14H,7H2,1H3. The molecule has 1 unspecified atom stereocenters. The molecule has 102 valence electrons. The molecule has 0 saturated carbocycles. The summed E-state index contributed by atoms with van der Waals surface area (Å²) >= 11 is 0. The van der Waals surface area contributed by atoms with Crippen molar-refractivity contribution in [1.29, 1.82) is 0 Å². The second-order valence-electron chi connectivity index (χ2n) is 4.15. The Balaban J connectivity index is 2.40. The van der Waals surface area contributed by atoms with Crippen LogP contribution in [-0.4, -0.2) is 26.2 Å². The van der Waals surface area contributed by atoms with E-state index >= 15 is 0 Å². The average molecular weight is 283 g/mol. The van der Waals surface area contributed by atoms with Crippen molar-refractivity contribution in [3.8, 4) is 0 Å². The average Bonchev–Trinajstić information content (AvgIpc) is 2.36. The Labute approximate surface area is 109 Å². The third-order valence-corrected chi connectivity index (χ3v) is 3.89. The fraction of sp³-hybridized carbons (Fsp3) is 0.250. The first kappa shape index (κ1) is 13.7. The molecule has 0 fully saturated rings. The fourth-order valence-electron chi connectivity index (χ4n) is 1.53. The van der Waals surface area contributed by atoms with Gasteiger partial charge < -0.3 is 9.52 Å². The van der Waals surface area contributed by atoms with Gasteiger partial charge in [0.05, 0.1) is 11.0 Å². The van der Waals surface area contributed by atoms with E-state index in [0.717, 1.165) is 0 Å². The maximum absolute atomic E-state index is 11.9. The predicted molar refractivity (Wildman–Crippen MR) is 69.4 cm³/mol. The highest BCUT2D eigenvalue weighted by molar-refractivity contribution is 7.89. The van der Waals surface area contributed by atoms with Crippen LogP contribution in [0.1, 0.15) is 6.92 Å². The largest absolute Gasteiger partial charge is 0.423 e. The van der Waals surface area contributed by atoms with Crippen molar-refractivity contribution in [3.05, 3.63) is 40.8 Å². The lowest BCUT2D eigenvalue weighted by molar-refractivity contribution is 0.198. The van der Waals surface area contributed by atoms with Crippen molar-refractivity contribution >= 4 is 21.0 Å². The Kier molecular flexibility index (Phi) is 3.70. The van der Waals surface area contributed by atoms with E-state index in [1.54, 1.807) is 0 Å². The third kappa shape index (κ3) is 3.19. The van der Waals surface area contributed by atoms with Crippen molar-refractivity contribution < 1.29 is 17.9 Å². The SMILES string of the molecule is CC(O)CNS(=O)(=O)c1ccc2oc(=O)ccc2c1. The molecule has 0 aliphatic heterocycles. The molecular formula is C12H13NO5S. The van der Waals surface area contributed by atoms with Crippen molar-refractivity contribution in [1.82, 2.24) is 4.72 Å². The zero-order valence-corrected chi connectivity index (χ0v) is 11.0. The second kappa shape index (κ2) is 5.12. The summed E-state index contributed by atoms with van der Waals surface area (Å²) in [5.74, 6) is 0. The van der Waals surface area contributed by atoms with E-state index in [4.69, 9.17) is 9.52 Å². The summed E-state index contributed by atoms with van der Waals surface area (Å²) in [6, 6.07) is 6.89. The second-order valence-corrected chi connectivity index (χ2v) is 5.92. The molecule has 2 N–H and O–H groups in total. The zero-order valence-electron chi connectivity index (χ0n) is 10.2. The molecule has 1 heterocycles. The molecule has 1 aromatic carbocycles. The summed E-state index contributed by atoms with van der Waals surface area (Å²) in [7, 11) is -3.69. The number of benzene rings is 1. The van der Waals surface area contributed by atoms with Crippen LogP contribution < -0.4 is 10.3 Å². The van der Waals surface area contributed by atoms with Gasteiger partial charge in [-0.2, -0.15) is 0 Å². The maximum atomic E-state index is 11.9. The van der Waals surface area contributed by atoms with Crippen LogP contribution in [0.15, 0.2) is 44.4 Å². The third-order valence-electron chi connectivity index (χ3n) is 2.47. The Bertz CT molecular complexity index is 748. The summed E-state index contributed by atoms with van der Waals surface area (Å²) in [5.41, 5.74) is -0.169. The van der Waals surface area contributed by atoms with Gasteiger partial charge in [-0.05, 0) is 31.2 Å². The van der Waals surface area contributed by atoms with Crippen LogP contribution in [0.3, 0.4) is 0 Å². The van der Waals surface area contributed by atoms with Gasteiger partial charge >= 0.3 is 5.63 Å². The van der Waals surface area contributed by atoms with Gasteiger partial charge in [-0.15, -0.1) is 0 Å². The van der Waals surface area contributed by atoms with Crippen LogP contribution in [0, 0.1) is 0 Å². The summed E-state index contributed by atoms with van der Waals surface area (Å²) in [4.78, 5) is 11.1. The van der Waals surface area contributed by atoms with Gasteiger partial charge in [0, 0.05) is 18.0 Å². The van der Waals surface area contributed by atoms with E-state index in [-0.39, 0.29) is 11.4 Å². The van der Waals surface area contributed by atoms with E-state index in [0.29, 0.717) is 11.0 Å². The van der Waals surface area contributed by atoms with E-state index < -0.39 is 21.8 Å². The Hall–Kier alpha value is -1.70. The summed E-state index contributed by atoms with van der Waals surface area (Å²) < 4.78 is 31.1. The molecule has 0 aliphatic carbocycles. The number of fused-ring (bicyclic) bond motifs is 1. The van der Waals surface area contributed by atoms with Crippen molar-refractivity contribution in [2.45, 2.75) is 17.9 Å². The molecule has 1 atom stereocenters. The normalized spacial score (nSPS) is 13.6. The van der Waals surface area contributed by atoms with Crippen LogP contribution in [0.2, 0.25) is 0 Å². The first-order valence-corrected chi connectivity index (χ1v) is 7.08. The lowest BCUT2D eigenvalue weighted by Crippen LogP contribution is -2.30. The highest BCUT2D eigenvalue weighted by atomic mass is 32.2. The molecule has 1 aromatic heterocycles. The van der Waals surface area contributed by atoms with Crippen LogP contribution in [0.25, 0.3) is 11.0 Å². The molecule has 2 rings (SSSR count). The fourth-order valence-corrected chi connectivity index (χ4v) is 2.69. The highest BCUT2D eigenvalue weighted by Gasteiger charge is 2.15.